The van der Waals surface area contributed by atoms with Gasteiger partial charge in [0.15, 0.2) is 0 Å². The highest BCUT2D eigenvalue weighted by Crippen LogP contribution is 2.38. The number of aliphatic hydroxyl groups excluding tert-OH is 1. The third-order valence-corrected chi connectivity index (χ3v) is 10.3. The number of rotatable bonds is 11. The minimum Gasteiger partial charge on any atom is -0.495 e. The number of methoxy groups -OCH3 is 1. The maximum absolute atomic E-state index is 13.2. The van der Waals surface area contributed by atoms with Gasteiger partial charge in [-0.05, 0) is 50.6 Å². The SMILES string of the molecule is CNS(=O)(=O)c1cccc(OC[C@@H](O)CNC2COC3(CCN(S(=O)(=O)c4ccccc4OC)CC3)C2)c1. The summed E-state index contributed by atoms with van der Waals surface area (Å²) in [5.41, 5.74) is -0.398. The van der Waals surface area contributed by atoms with E-state index in [2.05, 4.69) is 10.0 Å². The lowest BCUT2D eigenvalue weighted by molar-refractivity contribution is -0.0312. The molecule has 11 nitrogen and oxygen atoms in total. The first kappa shape index (κ1) is 28.7. The van der Waals surface area contributed by atoms with Gasteiger partial charge in [-0.1, -0.05) is 18.2 Å². The van der Waals surface area contributed by atoms with Crippen molar-refractivity contribution in [1.29, 1.82) is 0 Å². The smallest absolute Gasteiger partial charge is 0.246 e. The van der Waals surface area contributed by atoms with E-state index in [1.807, 2.05) is 0 Å². The minimum atomic E-state index is -3.67. The number of para-hydroxylation sites is 1. The summed E-state index contributed by atoms with van der Waals surface area (Å²) in [6.45, 7) is 1.44. The van der Waals surface area contributed by atoms with Gasteiger partial charge in [0, 0.05) is 31.7 Å². The largest absolute Gasteiger partial charge is 0.495 e. The molecule has 0 amide bonds. The molecule has 38 heavy (non-hydrogen) atoms. The van der Waals surface area contributed by atoms with Gasteiger partial charge in [-0.3, -0.25) is 0 Å². The van der Waals surface area contributed by atoms with Crippen molar-refractivity contribution in [3.8, 4) is 11.5 Å². The van der Waals surface area contributed by atoms with Gasteiger partial charge in [-0.2, -0.15) is 4.31 Å². The van der Waals surface area contributed by atoms with Gasteiger partial charge in [0.1, 0.15) is 29.1 Å². The van der Waals surface area contributed by atoms with Gasteiger partial charge >= 0.3 is 0 Å². The molecule has 2 atom stereocenters. The summed E-state index contributed by atoms with van der Waals surface area (Å²) in [5, 5.41) is 13.7. The lowest BCUT2D eigenvalue weighted by Crippen LogP contribution is -2.47. The lowest BCUT2D eigenvalue weighted by Gasteiger charge is -2.38. The fourth-order valence-electron chi connectivity index (χ4n) is 4.83. The van der Waals surface area contributed by atoms with E-state index in [9.17, 15) is 21.9 Å². The zero-order valence-electron chi connectivity index (χ0n) is 21.5. The van der Waals surface area contributed by atoms with Crippen molar-refractivity contribution in [1.82, 2.24) is 14.3 Å². The third-order valence-electron chi connectivity index (χ3n) is 7.00. The van der Waals surface area contributed by atoms with E-state index in [-0.39, 0.29) is 29.0 Å². The summed E-state index contributed by atoms with van der Waals surface area (Å²) in [6.07, 6.45) is 1.06. The molecule has 2 aromatic rings. The Morgan fingerprint density at radius 3 is 2.58 bits per heavy atom. The van der Waals surface area contributed by atoms with Crippen molar-refractivity contribution in [3.63, 3.8) is 0 Å². The van der Waals surface area contributed by atoms with E-state index in [0.717, 1.165) is 0 Å². The van der Waals surface area contributed by atoms with Gasteiger partial charge in [0.25, 0.3) is 0 Å². The summed E-state index contributed by atoms with van der Waals surface area (Å²) >= 11 is 0. The number of benzene rings is 2. The number of piperidine rings is 1. The maximum Gasteiger partial charge on any atom is 0.246 e. The molecule has 0 bridgehead atoms. The average Bonchev–Trinajstić information content (AvgIpc) is 3.33. The second-order valence-electron chi connectivity index (χ2n) is 9.51. The molecule has 1 spiro atoms. The fourth-order valence-corrected chi connectivity index (χ4v) is 7.19. The van der Waals surface area contributed by atoms with Crippen molar-refractivity contribution >= 4 is 20.0 Å². The molecule has 0 aromatic heterocycles. The van der Waals surface area contributed by atoms with E-state index >= 15 is 0 Å². The topological polar surface area (TPSA) is 144 Å². The van der Waals surface area contributed by atoms with Crippen LogP contribution in [0.5, 0.6) is 11.5 Å². The maximum atomic E-state index is 13.2. The zero-order valence-corrected chi connectivity index (χ0v) is 23.1. The second kappa shape index (κ2) is 11.9. The Morgan fingerprint density at radius 2 is 1.87 bits per heavy atom. The predicted molar refractivity (Wildman–Crippen MR) is 140 cm³/mol. The van der Waals surface area contributed by atoms with Crippen LogP contribution in [0.25, 0.3) is 0 Å². The van der Waals surface area contributed by atoms with E-state index in [1.165, 1.54) is 30.6 Å². The molecular weight excluding hydrogens is 534 g/mol. The first-order valence-electron chi connectivity index (χ1n) is 12.4. The molecule has 2 aromatic carbocycles. The van der Waals surface area contributed by atoms with Crippen molar-refractivity contribution < 1.29 is 36.2 Å². The first-order valence-corrected chi connectivity index (χ1v) is 15.4. The summed E-state index contributed by atoms with van der Waals surface area (Å²) in [7, 11) is -4.47. The van der Waals surface area contributed by atoms with Crippen LogP contribution in [-0.2, 0) is 24.8 Å². The Bertz CT molecular complexity index is 1310. The molecule has 0 saturated carbocycles. The van der Waals surface area contributed by atoms with Crippen LogP contribution in [0.15, 0.2) is 58.3 Å². The van der Waals surface area contributed by atoms with Crippen molar-refractivity contribution in [2.24, 2.45) is 0 Å². The molecule has 4 rings (SSSR count). The second-order valence-corrected chi connectivity index (χ2v) is 13.3. The van der Waals surface area contributed by atoms with Crippen molar-refractivity contribution in [2.75, 3.05) is 47.0 Å². The number of ether oxygens (including phenoxy) is 3. The van der Waals surface area contributed by atoms with E-state index < -0.39 is 31.8 Å². The first-order chi connectivity index (χ1) is 18.1. The van der Waals surface area contributed by atoms with Crippen molar-refractivity contribution in [3.05, 3.63) is 48.5 Å². The Morgan fingerprint density at radius 1 is 1.13 bits per heavy atom. The van der Waals surface area contributed by atoms with Gasteiger partial charge in [-0.15, -0.1) is 0 Å². The van der Waals surface area contributed by atoms with Crippen LogP contribution < -0.4 is 19.5 Å². The minimum absolute atomic E-state index is 0.00938. The number of nitrogens with one attached hydrogen (secondary N) is 2. The Balaban J connectivity index is 1.24. The highest BCUT2D eigenvalue weighted by atomic mass is 32.2. The van der Waals surface area contributed by atoms with Crippen LogP contribution in [0.1, 0.15) is 19.3 Å². The number of sulfonamides is 2. The molecular formula is C25H35N3O8S2. The Labute approximate surface area is 224 Å². The zero-order chi connectivity index (χ0) is 27.4. The lowest BCUT2D eigenvalue weighted by atomic mass is 9.88. The number of aliphatic hydroxyl groups is 1. The number of hydrogen-bond donors (Lipinski definition) is 3. The molecule has 210 valence electrons. The van der Waals surface area contributed by atoms with E-state index in [4.69, 9.17) is 14.2 Å². The number of hydrogen-bond acceptors (Lipinski definition) is 9. The Hall–Kier alpha value is -2.26. The summed E-state index contributed by atoms with van der Waals surface area (Å²) < 4.78 is 71.0. The summed E-state index contributed by atoms with van der Waals surface area (Å²) in [6, 6.07) is 12.7. The van der Waals surface area contributed by atoms with E-state index in [0.29, 0.717) is 50.5 Å². The molecule has 2 aliphatic heterocycles. The van der Waals surface area contributed by atoms with Gasteiger partial charge in [0.2, 0.25) is 20.0 Å². The molecule has 1 unspecified atom stereocenters. The van der Waals surface area contributed by atoms with Crippen LogP contribution in [0.4, 0.5) is 0 Å². The summed E-state index contributed by atoms with van der Waals surface area (Å²) in [4.78, 5) is 0.247. The van der Waals surface area contributed by atoms with Gasteiger partial charge in [-0.25, -0.2) is 21.6 Å². The monoisotopic (exact) mass is 569 g/mol. The molecule has 3 N–H and O–H groups in total. The molecule has 0 radical (unpaired) electrons. The van der Waals surface area contributed by atoms with E-state index in [1.54, 1.807) is 36.4 Å². The average molecular weight is 570 g/mol. The van der Waals surface area contributed by atoms with Crippen LogP contribution in [0.2, 0.25) is 0 Å². The third kappa shape index (κ3) is 6.47. The molecule has 2 saturated heterocycles. The molecule has 2 aliphatic rings. The molecule has 2 heterocycles. The van der Waals surface area contributed by atoms with Crippen LogP contribution in [0.3, 0.4) is 0 Å². The van der Waals surface area contributed by atoms with Crippen LogP contribution in [0, 0.1) is 0 Å². The highest BCUT2D eigenvalue weighted by molar-refractivity contribution is 7.89. The highest BCUT2D eigenvalue weighted by Gasteiger charge is 2.45. The predicted octanol–water partition coefficient (Wildman–Crippen LogP) is 0.945. The standard InChI is InChI=1S/C25H35N3O8S2/c1-26-37(30,31)22-7-5-6-21(14-22)35-18-20(29)16-27-19-15-25(36-17-19)10-12-28(13-11-25)38(32,33)24-9-4-3-8-23(24)34-2/h3-9,14,19-20,26-27,29H,10-13,15-18H2,1-2H3/t19?,20-/m0/s1. The molecule has 2 fully saturated rings. The quantitative estimate of drug-likeness (QED) is 0.360. The molecule has 0 aliphatic carbocycles. The van der Waals surface area contributed by atoms with Crippen LogP contribution >= 0.6 is 0 Å². The fraction of sp³-hybridized carbons (Fsp3) is 0.520. The van der Waals surface area contributed by atoms with Gasteiger partial charge in [0.05, 0.1) is 24.2 Å². The van der Waals surface area contributed by atoms with Gasteiger partial charge < -0.3 is 24.6 Å². The van der Waals surface area contributed by atoms with Crippen molar-refractivity contribution in [2.45, 2.75) is 46.8 Å². The number of nitrogens with zero attached hydrogens (tertiary/aromatic N) is 1. The summed E-state index contributed by atoms with van der Waals surface area (Å²) in [5.74, 6) is 0.672. The normalized spacial score (nSPS) is 20.9. The molecule has 13 heteroatoms. The van der Waals surface area contributed by atoms with Crippen LogP contribution in [-0.4, -0.2) is 91.0 Å². The Kier molecular flexibility index (Phi) is 8.97.